The maximum absolute atomic E-state index is 11.6. The lowest BCUT2D eigenvalue weighted by Crippen LogP contribution is -2.29. The molecule has 3 rings (SSSR count). The van der Waals surface area contributed by atoms with E-state index in [0.717, 1.165) is 17.7 Å². The van der Waals surface area contributed by atoms with Crippen LogP contribution in [0.4, 0.5) is 5.69 Å². The Balaban J connectivity index is 1.70. The Morgan fingerprint density at radius 2 is 2.14 bits per heavy atom. The second kappa shape index (κ2) is 5.29. The van der Waals surface area contributed by atoms with Crippen LogP contribution in [-0.4, -0.2) is 28.7 Å². The maximum atomic E-state index is 11.6. The topological polar surface area (TPSA) is 90.8 Å². The normalized spacial score (nSPS) is 24.5. The van der Waals surface area contributed by atoms with Crippen LogP contribution in [0, 0.1) is 11.8 Å². The molecule has 1 saturated carbocycles. The molecule has 1 aliphatic heterocycles. The minimum Gasteiger partial charge on any atom is -0.383 e. The van der Waals surface area contributed by atoms with Crippen molar-refractivity contribution >= 4 is 23.2 Å². The van der Waals surface area contributed by atoms with Gasteiger partial charge in [0, 0.05) is 17.5 Å². The summed E-state index contributed by atoms with van der Waals surface area (Å²) in [5.41, 5.74) is 5.00. The highest BCUT2D eigenvalue weighted by molar-refractivity contribution is 6.09. The minimum absolute atomic E-state index is 0.00110. The summed E-state index contributed by atoms with van der Waals surface area (Å²) in [7, 11) is 0. The maximum Gasteiger partial charge on any atom is 0.253 e. The Hall–Kier alpha value is -2.21. The molecule has 1 aromatic rings. The Labute approximate surface area is 122 Å². The van der Waals surface area contributed by atoms with Crippen molar-refractivity contribution in [2.24, 2.45) is 16.9 Å². The van der Waals surface area contributed by atoms with E-state index >= 15 is 0 Å². The molecule has 3 N–H and O–H groups in total. The average molecular weight is 287 g/mol. The number of aliphatic hydroxyl groups is 1. The quantitative estimate of drug-likeness (QED) is 0.767. The number of hydrogen-bond acceptors (Lipinski definition) is 4. The number of carbonyl (C=O) groups excluding carboxylic acids is 2. The van der Waals surface area contributed by atoms with E-state index in [2.05, 4.69) is 15.8 Å². The number of aliphatic hydroxyl groups excluding tert-OH is 1. The second-order valence-electron chi connectivity index (χ2n) is 5.41. The van der Waals surface area contributed by atoms with Crippen LogP contribution in [0.15, 0.2) is 29.4 Å². The van der Waals surface area contributed by atoms with E-state index in [1.165, 1.54) is 0 Å². The third-order valence-electron chi connectivity index (χ3n) is 3.90. The molecule has 6 nitrogen and oxygen atoms in total. The average Bonchev–Trinajstić information content (AvgIpc) is 3.29. The number of nitrogens with one attached hydrogen (secondary N) is 2. The molecule has 1 heterocycles. The Bertz CT molecular complexity index is 609. The zero-order chi connectivity index (χ0) is 15.0. The second-order valence-corrected chi connectivity index (χ2v) is 5.41. The zero-order valence-electron chi connectivity index (χ0n) is 11.7. The van der Waals surface area contributed by atoms with Crippen LogP contribution < -0.4 is 10.7 Å². The van der Waals surface area contributed by atoms with Gasteiger partial charge in [0.1, 0.15) is 6.10 Å². The lowest BCUT2D eigenvalue weighted by molar-refractivity contribution is -0.124. The summed E-state index contributed by atoms with van der Waals surface area (Å²) in [6, 6.07) is 7.26. The number of rotatable bonds is 4. The third-order valence-corrected chi connectivity index (χ3v) is 3.90. The first-order valence-corrected chi connectivity index (χ1v) is 7.07. The largest absolute Gasteiger partial charge is 0.383 e. The van der Waals surface area contributed by atoms with E-state index in [0.29, 0.717) is 12.1 Å². The predicted molar refractivity (Wildman–Crippen MR) is 77.6 cm³/mol. The van der Waals surface area contributed by atoms with Crippen molar-refractivity contribution in [1.29, 1.82) is 0 Å². The third kappa shape index (κ3) is 2.67. The Morgan fingerprint density at radius 3 is 2.81 bits per heavy atom. The lowest BCUT2D eigenvalue weighted by Gasteiger charge is -2.13. The molecule has 0 bridgehead atoms. The van der Waals surface area contributed by atoms with Gasteiger partial charge in [-0.1, -0.05) is 19.1 Å². The SMILES string of the molecule is CCC(O)C(=O)Nc1ccc(C2=NNC(=O)C3CC23)cc1. The van der Waals surface area contributed by atoms with Crippen molar-refractivity contribution in [1.82, 2.24) is 5.43 Å². The van der Waals surface area contributed by atoms with Gasteiger partial charge < -0.3 is 10.4 Å². The molecule has 6 heteroatoms. The van der Waals surface area contributed by atoms with Gasteiger partial charge in [-0.05, 0) is 30.5 Å². The molecule has 0 spiro atoms. The Morgan fingerprint density at radius 1 is 1.43 bits per heavy atom. The van der Waals surface area contributed by atoms with E-state index in [-0.39, 0.29) is 17.7 Å². The van der Waals surface area contributed by atoms with Crippen LogP contribution in [0.1, 0.15) is 25.3 Å². The molecule has 1 aliphatic carbocycles. The van der Waals surface area contributed by atoms with Gasteiger partial charge in [-0.15, -0.1) is 0 Å². The van der Waals surface area contributed by atoms with Gasteiger partial charge in [0.2, 0.25) is 5.91 Å². The predicted octanol–water partition coefficient (Wildman–Crippen LogP) is 0.866. The smallest absolute Gasteiger partial charge is 0.253 e. The summed E-state index contributed by atoms with van der Waals surface area (Å²) < 4.78 is 0. The van der Waals surface area contributed by atoms with E-state index in [1.807, 2.05) is 12.1 Å². The molecule has 21 heavy (non-hydrogen) atoms. The highest BCUT2D eigenvalue weighted by Crippen LogP contribution is 2.43. The number of benzene rings is 1. The number of anilines is 1. The number of fused-ring (bicyclic) bond motifs is 1. The molecule has 1 aromatic carbocycles. The van der Waals surface area contributed by atoms with Crippen LogP contribution >= 0.6 is 0 Å². The molecule has 2 amide bonds. The summed E-state index contributed by atoms with van der Waals surface area (Å²) in [6.45, 7) is 1.74. The highest BCUT2D eigenvalue weighted by Gasteiger charge is 2.49. The fourth-order valence-corrected chi connectivity index (χ4v) is 2.48. The first-order valence-electron chi connectivity index (χ1n) is 7.07. The number of amides is 2. The molecular formula is C15H17N3O3. The van der Waals surface area contributed by atoms with E-state index in [4.69, 9.17) is 0 Å². The van der Waals surface area contributed by atoms with Crippen LogP contribution in [0.5, 0.6) is 0 Å². The van der Waals surface area contributed by atoms with Gasteiger partial charge in [-0.2, -0.15) is 5.10 Å². The van der Waals surface area contributed by atoms with Crippen molar-refractivity contribution in [3.63, 3.8) is 0 Å². The number of carbonyl (C=O) groups is 2. The molecular weight excluding hydrogens is 270 g/mol. The van der Waals surface area contributed by atoms with Crippen LogP contribution in [0.2, 0.25) is 0 Å². The molecule has 3 unspecified atom stereocenters. The number of hydrazone groups is 1. The molecule has 3 atom stereocenters. The summed E-state index contributed by atoms with van der Waals surface area (Å²) in [6.07, 6.45) is 0.241. The standard InChI is InChI=1S/C15H17N3O3/c1-2-12(19)15(21)16-9-5-3-8(4-6-9)13-10-7-11(10)14(20)18-17-13/h3-6,10-12,19H,2,7H2,1H3,(H,16,21)(H,18,20). The first-order chi connectivity index (χ1) is 10.1. The zero-order valence-corrected chi connectivity index (χ0v) is 11.7. The molecule has 1 fully saturated rings. The summed E-state index contributed by atoms with van der Waals surface area (Å²) >= 11 is 0. The summed E-state index contributed by atoms with van der Waals surface area (Å²) in [5.74, 6) is -0.117. The van der Waals surface area contributed by atoms with Gasteiger partial charge in [0.05, 0.1) is 5.71 Å². The van der Waals surface area contributed by atoms with Crippen molar-refractivity contribution in [3.8, 4) is 0 Å². The summed E-state index contributed by atoms with van der Waals surface area (Å²) in [5, 5.41) is 16.2. The summed E-state index contributed by atoms with van der Waals surface area (Å²) in [4.78, 5) is 23.0. The molecule has 0 radical (unpaired) electrons. The minimum atomic E-state index is -0.991. The van der Waals surface area contributed by atoms with Gasteiger partial charge >= 0.3 is 0 Å². The number of hydrogen-bond donors (Lipinski definition) is 3. The van der Waals surface area contributed by atoms with Crippen molar-refractivity contribution in [2.75, 3.05) is 5.32 Å². The molecule has 0 saturated heterocycles. The molecule has 110 valence electrons. The van der Waals surface area contributed by atoms with Crippen LogP contribution in [0.3, 0.4) is 0 Å². The van der Waals surface area contributed by atoms with Crippen molar-refractivity contribution < 1.29 is 14.7 Å². The monoisotopic (exact) mass is 287 g/mol. The lowest BCUT2D eigenvalue weighted by atomic mass is 10.0. The van der Waals surface area contributed by atoms with Crippen LogP contribution in [-0.2, 0) is 9.59 Å². The van der Waals surface area contributed by atoms with Gasteiger partial charge in [0.25, 0.3) is 5.91 Å². The van der Waals surface area contributed by atoms with E-state index < -0.39 is 12.0 Å². The highest BCUT2D eigenvalue weighted by atomic mass is 16.3. The first kappa shape index (κ1) is 13.8. The van der Waals surface area contributed by atoms with Crippen molar-refractivity contribution in [2.45, 2.75) is 25.9 Å². The van der Waals surface area contributed by atoms with E-state index in [9.17, 15) is 14.7 Å². The van der Waals surface area contributed by atoms with Crippen LogP contribution in [0.25, 0.3) is 0 Å². The fourth-order valence-electron chi connectivity index (χ4n) is 2.48. The van der Waals surface area contributed by atoms with Gasteiger partial charge in [0.15, 0.2) is 0 Å². The fraction of sp³-hybridized carbons (Fsp3) is 0.400. The van der Waals surface area contributed by atoms with Crippen molar-refractivity contribution in [3.05, 3.63) is 29.8 Å². The van der Waals surface area contributed by atoms with Gasteiger partial charge in [-0.25, -0.2) is 5.43 Å². The molecule has 0 aromatic heterocycles. The van der Waals surface area contributed by atoms with Gasteiger partial charge in [-0.3, -0.25) is 9.59 Å². The Kier molecular flexibility index (Phi) is 3.47. The van der Waals surface area contributed by atoms with E-state index in [1.54, 1.807) is 19.1 Å². The number of nitrogens with zero attached hydrogens (tertiary/aromatic N) is 1. The molecule has 2 aliphatic rings.